The molecule has 0 spiro atoms. The lowest BCUT2D eigenvalue weighted by Crippen LogP contribution is -1.98. The smallest absolute Gasteiger partial charge is 0.0639 e. The molecule has 0 unspecified atom stereocenters. The second kappa shape index (κ2) is 17.0. The van der Waals surface area contributed by atoms with Crippen molar-refractivity contribution in [2.45, 2.75) is 41.5 Å². The van der Waals surface area contributed by atoms with Gasteiger partial charge < -0.3 is 0 Å². The normalized spacial score (nSPS) is 11.6. The van der Waals surface area contributed by atoms with E-state index in [1.165, 1.54) is 0 Å². The first-order valence-corrected chi connectivity index (χ1v) is 6.26. The van der Waals surface area contributed by atoms with Gasteiger partial charge in [0.2, 0.25) is 0 Å². The van der Waals surface area contributed by atoms with Gasteiger partial charge in [-0.2, -0.15) is 0 Å². The lowest BCUT2D eigenvalue weighted by molar-refractivity contribution is 1.40. The van der Waals surface area contributed by atoms with Crippen LogP contribution in [0.15, 0.2) is 53.6 Å². The van der Waals surface area contributed by atoms with Crippen LogP contribution >= 0.6 is 0 Å². The summed E-state index contributed by atoms with van der Waals surface area (Å²) in [6, 6.07) is 0. The Balaban J connectivity index is -0.000000439. The summed E-state index contributed by atoms with van der Waals surface area (Å²) in [6.07, 6.45) is 7.57. The maximum Gasteiger partial charge on any atom is 0.0639 e. The predicted octanol–water partition coefficient (Wildman–Crippen LogP) is 5.37. The van der Waals surface area contributed by atoms with Gasteiger partial charge in [0.05, 0.1) is 5.71 Å². The fraction of sp³-hybridized carbons (Fsp3) is 0.438. The van der Waals surface area contributed by atoms with E-state index in [2.05, 4.69) is 18.2 Å². The molecule has 1 nitrogen and oxygen atoms in total. The first kappa shape index (κ1) is 21.0. The molecule has 17 heavy (non-hydrogen) atoms. The molecule has 0 bridgehead atoms. The van der Waals surface area contributed by atoms with E-state index in [9.17, 15) is 0 Å². The molecular weight excluding hydrogens is 206 g/mol. The number of hydrogen-bond acceptors (Lipinski definition) is 1. The molecule has 1 heteroatoms. The fourth-order valence-corrected chi connectivity index (χ4v) is 1.02. The van der Waals surface area contributed by atoms with Crippen molar-refractivity contribution >= 4 is 5.71 Å². The Hall–Kier alpha value is -1.37. The van der Waals surface area contributed by atoms with Crippen LogP contribution in [0.3, 0.4) is 0 Å². The van der Waals surface area contributed by atoms with Gasteiger partial charge in [0.1, 0.15) is 0 Å². The summed E-state index contributed by atoms with van der Waals surface area (Å²) in [4.78, 5) is 4.14. The molecule has 0 radical (unpaired) electrons. The molecule has 0 aliphatic rings. The van der Waals surface area contributed by atoms with Gasteiger partial charge in [0.25, 0.3) is 0 Å². The van der Waals surface area contributed by atoms with Crippen molar-refractivity contribution in [3.8, 4) is 0 Å². The SMILES string of the molecule is C=CC(=NC)C(/C=C\C)=C(/C)C=C.CC.CC. The summed E-state index contributed by atoms with van der Waals surface area (Å²) in [5, 5.41) is 0. The Bertz CT molecular complexity index is 278. The van der Waals surface area contributed by atoms with Gasteiger partial charge in [0.15, 0.2) is 0 Å². The van der Waals surface area contributed by atoms with Crippen LogP contribution in [0.1, 0.15) is 41.5 Å². The first-order chi connectivity index (χ1) is 8.21. The van der Waals surface area contributed by atoms with Gasteiger partial charge in [-0.05, 0) is 25.5 Å². The molecule has 0 aromatic carbocycles. The summed E-state index contributed by atoms with van der Waals surface area (Å²) in [7, 11) is 1.76. The fourth-order valence-electron chi connectivity index (χ4n) is 1.02. The molecule has 0 saturated heterocycles. The van der Waals surface area contributed by atoms with Gasteiger partial charge >= 0.3 is 0 Å². The topological polar surface area (TPSA) is 12.4 Å². The largest absolute Gasteiger partial charge is 0.288 e. The lowest BCUT2D eigenvalue weighted by atomic mass is 10.0. The van der Waals surface area contributed by atoms with Crippen molar-refractivity contribution in [1.29, 1.82) is 0 Å². The third-order valence-electron chi connectivity index (χ3n) is 1.77. The monoisotopic (exact) mass is 235 g/mol. The van der Waals surface area contributed by atoms with Crippen molar-refractivity contribution in [2.24, 2.45) is 4.99 Å². The van der Waals surface area contributed by atoms with Crippen molar-refractivity contribution in [2.75, 3.05) is 7.05 Å². The molecule has 0 N–H and O–H groups in total. The lowest BCUT2D eigenvalue weighted by Gasteiger charge is -2.04. The zero-order chi connectivity index (χ0) is 14.3. The summed E-state index contributed by atoms with van der Waals surface area (Å²) < 4.78 is 0. The molecule has 0 heterocycles. The van der Waals surface area contributed by atoms with Crippen molar-refractivity contribution in [3.63, 3.8) is 0 Å². The Morgan fingerprint density at radius 2 is 1.47 bits per heavy atom. The molecule has 0 amide bonds. The van der Waals surface area contributed by atoms with Crippen molar-refractivity contribution < 1.29 is 0 Å². The third kappa shape index (κ3) is 9.55. The predicted molar refractivity (Wildman–Crippen MR) is 84.0 cm³/mol. The molecule has 0 aromatic heterocycles. The average molecular weight is 235 g/mol. The molecule has 0 aliphatic carbocycles. The minimum Gasteiger partial charge on any atom is -0.288 e. The second-order valence-corrected chi connectivity index (χ2v) is 2.61. The molecule has 98 valence electrons. The Kier molecular flexibility index (Phi) is 21.0. The number of aliphatic imine (C=N–C) groups is 1. The molecule has 0 aromatic rings. The molecule has 0 rings (SSSR count). The van der Waals surface area contributed by atoms with Crippen LogP contribution in [0.25, 0.3) is 0 Å². The van der Waals surface area contributed by atoms with Gasteiger partial charge in [-0.1, -0.05) is 59.1 Å². The molecule has 0 saturated carbocycles. The summed E-state index contributed by atoms with van der Waals surface area (Å²) >= 11 is 0. The van der Waals surface area contributed by atoms with Gasteiger partial charge in [-0.3, -0.25) is 4.99 Å². The highest BCUT2D eigenvalue weighted by atomic mass is 14.7. The number of rotatable bonds is 4. The quantitative estimate of drug-likeness (QED) is 0.458. The van der Waals surface area contributed by atoms with Gasteiger partial charge in [0, 0.05) is 12.6 Å². The minimum absolute atomic E-state index is 0.899. The molecule has 0 aliphatic heterocycles. The van der Waals surface area contributed by atoms with Crippen LogP contribution in [0.2, 0.25) is 0 Å². The second-order valence-electron chi connectivity index (χ2n) is 2.61. The van der Waals surface area contributed by atoms with Crippen LogP contribution in [0.5, 0.6) is 0 Å². The number of nitrogens with zero attached hydrogens (tertiary/aromatic N) is 1. The van der Waals surface area contributed by atoms with E-state index in [0.717, 1.165) is 16.9 Å². The third-order valence-corrected chi connectivity index (χ3v) is 1.77. The van der Waals surface area contributed by atoms with Crippen molar-refractivity contribution in [3.05, 3.63) is 48.6 Å². The maximum absolute atomic E-state index is 4.14. The van der Waals surface area contributed by atoms with E-state index in [0.29, 0.717) is 0 Å². The van der Waals surface area contributed by atoms with Crippen LogP contribution in [-0.2, 0) is 0 Å². The Labute approximate surface area is 108 Å². The minimum atomic E-state index is 0.899. The molecule has 0 fully saturated rings. The highest BCUT2D eigenvalue weighted by molar-refractivity contribution is 6.10. The van der Waals surface area contributed by atoms with Gasteiger partial charge in [-0.25, -0.2) is 0 Å². The Morgan fingerprint density at radius 3 is 1.71 bits per heavy atom. The van der Waals surface area contributed by atoms with E-state index in [1.807, 2.05) is 59.8 Å². The van der Waals surface area contributed by atoms with Crippen molar-refractivity contribution in [1.82, 2.24) is 0 Å². The Morgan fingerprint density at radius 1 is 1.00 bits per heavy atom. The van der Waals surface area contributed by atoms with E-state index < -0.39 is 0 Å². The number of allylic oxidation sites excluding steroid dienone is 6. The summed E-state index contributed by atoms with van der Waals surface area (Å²) in [5.74, 6) is 0. The van der Waals surface area contributed by atoms with Gasteiger partial charge in [-0.15, -0.1) is 0 Å². The molecule has 0 atom stereocenters. The average Bonchev–Trinajstić information content (AvgIpc) is 2.42. The van der Waals surface area contributed by atoms with E-state index in [4.69, 9.17) is 0 Å². The van der Waals surface area contributed by atoms with Crippen LogP contribution in [0.4, 0.5) is 0 Å². The van der Waals surface area contributed by atoms with Crippen LogP contribution < -0.4 is 0 Å². The van der Waals surface area contributed by atoms with E-state index >= 15 is 0 Å². The highest BCUT2D eigenvalue weighted by Crippen LogP contribution is 2.10. The zero-order valence-electron chi connectivity index (χ0n) is 12.7. The maximum atomic E-state index is 4.14. The van der Waals surface area contributed by atoms with E-state index in [-0.39, 0.29) is 0 Å². The summed E-state index contributed by atoms with van der Waals surface area (Å²) in [5.41, 5.74) is 3.09. The zero-order valence-corrected chi connectivity index (χ0v) is 12.7. The van der Waals surface area contributed by atoms with E-state index in [1.54, 1.807) is 13.1 Å². The number of hydrogen-bond donors (Lipinski definition) is 0. The van der Waals surface area contributed by atoms with Crippen LogP contribution in [0, 0.1) is 0 Å². The molecular formula is C16H29N. The first-order valence-electron chi connectivity index (χ1n) is 6.26. The highest BCUT2D eigenvalue weighted by Gasteiger charge is 2.00. The standard InChI is InChI=1S/C12H17N.2C2H6/c1-6-9-11(10(4)7-2)12(8-3)13-5;2*1-2/h6-9H,2-3H2,1,4-5H3;2*1-2H3/b9-6-,11-10-,13-12?;;. The van der Waals surface area contributed by atoms with Crippen LogP contribution in [-0.4, -0.2) is 12.8 Å². The summed E-state index contributed by atoms with van der Waals surface area (Å²) in [6.45, 7) is 19.4.